The first kappa shape index (κ1) is 9.93. The average Bonchev–Trinajstić information content (AvgIpc) is 2.01. The van der Waals surface area contributed by atoms with E-state index in [1.165, 1.54) is 6.08 Å². The van der Waals surface area contributed by atoms with E-state index in [1.807, 2.05) is 0 Å². The quantitative estimate of drug-likeness (QED) is 0.440. The maximum atomic E-state index is 9.93. The van der Waals surface area contributed by atoms with Crippen molar-refractivity contribution in [3.8, 4) is 0 Å². The Morgan fingerprint density at radius 3 is 2.25 bits per heavy atom. The molecular formula is C7H2Br2ClNO. The summed E-state index contributed by atoms with van der Waals surface area (Å²) in [6.07, 6.45) is 1.45. The van der Waals surface area contributed by atoms with E-state index in [-0.39, 0.29) is 0 Å². The van der Waals surface area contributed by atoms with Crippen LogP contribution in [0.4, 0.5) is 5.69 Å². The summed E-state index contributed by atoms with van der Waals surface area (Å²) in [6.45, 7) is 0. The van der Waals surface area contributed by atoms with Crippen LogP contribution in [0.3, 0.4) is 0 Å². The largest absolute Gasteiger partial charge is 0.240 e. The fourth-order valence-electron chi connectivity index (χ4n) is 0.659. The summed E-state index contributed by atoms with van der Waals surface area (Å²) in [5, 5.41) is 0.555. The van der Waals surface area contributed by atoms with Crippen molar-refractivity contribution >= 4 is 55.2 Å². The van der Waals surface area contributed by atoms with Gasteiger partial charge in [0.25, 0.3) is 0 Å². The summed E-state index contributed by atoms with van der Waals surface area (Å²) in [5.41, 5.74) is 0.508. The summed E-state index contributed by atoms with van der Waals surface area (Å²) in [7, 11) is 0. The minimum absolute atomic E-state index is 0.508. The molecule has 0 amide bonds. The van der Waals surface area contributed by atoms with Gasteiger partial charge < -0.3 is 0 Å². The molecule has 0 fully saturated rings. The first-order valence-corrected chi connectivity index (χ1v) is 4.84. The summed E-state index contributed by atoms with van der Waals surface area (Å²) in [6, 6.07) is 3.27. The highest BCUT2D eigenvalue weighted by Gasteiger charge is 2.03. The van der Waals surface area contributed by atoms with Crippen molar-refractivity contribution in [3.05, 3.63) is 26.1 Å². The third-order valence-electron chi connectivity index (χ3n) is 1.14. The van der Waals surface area contributed by atoms with E-state index in [0.717, 1.165) is 0 Å². The monoisotopic (exact) mass is 309 g/mol. The summed E-state index contributed by atoms with van der Waals surface area (Å²) in [5.74, 6) is 0. The normalized spacial score (nSPS) is 9.25. The molecule has 0 heterocycles. The standard InChI is InChI=1S/C7H2Br2ClNO/c8-5-1-4(11-3-12)2-6(9)7(5)10/h1-2H. The zero-order chi connectivity index (χ0) is 9.14. The Bertz CT molecular complexity index is 337. The molecule has 0 N–H and O–H groups in total. The van der Waals surface area contributed by atoms with Crippen LogP contribution in [-0.4, -0.2) is 6.08 Å². The highest BCUT2D eigenvalue weighted by Crippen LogP contribution is 2.34. The van der Waals surface area contributed by atoms with Crippen molar-refractivity contribution < 1.29 is 4.79 Å². The summed E-state index contributed by atoms with van der Waals surface area (Å²) >= 11 is 12.2. The van der Waals surface area contributed by atoms with Crippen molar-refractivity contribution in [2.24, 2.45) is 4.99 Å². The molecule has 12 heavy (non-hydrogen) atoms. The lowest BCUT2D eigenvalue weighted by atomic mass is 10.3. The fourth-order valence-corrected chi connectivity index (χ4v) is 1.93. The van der Waals surface area contributed by atoms with Crippen molar-refractivity contribution in [3.63, 3.8) is 0 Å². The van der Waals surface area contributed by atoms with Crippen molar-refractivity contribution in [1.82, 2.24) is 0 Å². The number of nitrogens with zero attached hydrogens (tertiary/aromatic N) is 1. The smallest absolute Gasteiger partial charge is 0.211 e. The summed E-state index contributed by atoms with van der Waals surface area (Å²) in [4.78, 5) is 13.4. The van der Waals surface area contributed by atoms with Crippen LogP contribution in [0.25, 0.3) is 0 Å². The molecule has 0 bridgehead atoms. The van der Waals surface area contributed by atoms with Crippen molar-refractivity contribution in [2.75, 3.05) is 0 Å². The van der Waals surface area contributed by atoms with E-state index in [2.05, 4.69) is 36.9 Å². The topological polar surface area (TPSA) is 29.4 Å². The number of aliphatic imine (C=N–C) groups is 1. The van der Waals surface area contributed by atoms with Gasteiger partial charge in [-0.25, -0.2) is 4.79 Å². The number of hydrogen-bond donors (Lipinski definition) is 0. The van der Waals surface area contributed by atoms with Gasteiger partial charge in [0.2, 0.25) is 6.08 Å². The van der Waals surface area contributed by atoms with Gasteiger partial charge in [-0.2, -0.15) is 4.99 Å². The predicted molar refractivity (Wildman–Crippen MR) is 54.6 cm³/mol. The van der Waals surface area contributed by atoms with Gasteiger partial charge >= 0.3 is 0 Å². The Morgan fingerprint density at radius 1 is 1.33 bits per heavy atom. The van der Waals surface area contributed by atoms with Crippen LogP contribution in [-0.2, 0) is 4.79 Å². The van der Waals surface area contributed by atoms with E-state index in [4.69, 9.17) is 11.6 Å². The van der Waals surface area contributed by atoms with Gasteiger partial charge in [0.05, 0.1) is 10.7 Å². The highest BCUT2D eigenvalue weighted by molar-refractivity contribution is 9.11. The van der Waals surface area contributed by atoms with E-state index < -0.39 is 0 Å². The highest BCUT2D eigenvalue weighted by atomic mass is 79.9. The molecule has 0 saturated carbocycles. The van der Waals surface area contributed by atoms with Gasteiger partial charge in [-0.15, -0.1) is 0 Å². The number of isocyanates is 1. The molecule has 0 unspecified atom stereocenters. The molecule has 2 nitrogen and oxygen atoms in total. The van der Waals surface area contributed by atoms with Crippen molar-refractivity contribution in [2.45, 2.75) is 0 Å². The number of hydrogen-bond acceptors (Lipinski definition) is 2. The van der Waals surface area contributed by atoms with E-state index in [1.54, 1.807) is 12.1 Å². The third-order valence-corrected chi connectivity index (χ3v) is 3.26. The lowest BCUT2D eigenvalue weighted by Gasteiger charge is -1.99. The first-order valence-electron chi connectivity index (χ1n) is 2.87. The number of rotatable bonds is 1. The van der Waals surface area contributed by atoms with Gasteiger partial charge in [0.1, 0.15) is 0 Å². The second kappa shape index (κ2) is 4.19. The molecule has 0 spiro atoms. The fraction of sp³-hybridized carbons (Fsp3) is 0. The Hall–Kier alpha value is -0.150. The maximum Gasteiger partial charge on any atom is 0.240 e. The van der Waals surface area contributed by atoms with Crippen molar-refractivity contribution in [1.29, 1.82) is 0 Å². The lowest BCUT2D eigenvalue weighted by Crippen LogP contribution is -1.72. The van der Waals surface area contributed by atoms with Crippen LogP contribution < -0.4 is 0 Å². The van der Waals surface area contributed by atoms with Crippen LogP contribution in [0.5, 0.6) is 0 Å². The molecule has 5 heteroatoms. The zero-order valence-corrected chi connectivity index (χ0v) is 9.57. The zero-order valence-electron chi connectivity index (χ0n) is 5.64. The number of carbonyl (C=O) groups excluding carboxylic acids is 1. The second-order valence-corrected chi connectivity index (χ2v) is 4.01. The SMILES string of the molecule is O=C=Nc1cc(Br)c(Cl)c(Br)c1. The Balaban J connectivity index is 3.30. The molecule has 1 aromatic rings. The van der Waals surface area contributed by atoms with Gasteiger partial charge in [-0.05, 0) is 44.0 Å². The molecule has 0 atom stereocenters. The Morgan fingerprint density at radius 2 is 1.83 bits per heavy atom. The third kappa shape index (κ3) is 2.17. The van der Waals surface area contributed by atoms with Crippen LogP contribution >= 0.6 is 43.5 Å². The van der Waals surface area contributed by atoms with Gasteiger partial charge in [0.15, 0.2) is 0 Å². The first-order chi connectivity index (χ1) is 5.65. The molecule has 1 aromatic carbocycles. The lowest BCUT2D eigenvalue weighted by molar-refractivity contribution is 0.565. The molecule has 0 aliphatic heterocycles. The number of benzene rings is 1. The molecular weight excluding hydrogens is 309 g/mol. The molecule has 0 aliphatic rings. The van der Waals surface area contributed by atoms with E-state index >= 15 is 0 Å². The van der Waals surface area contributed by atoms with Crippen LogP contribution in [0, 0.1) is 0 Å². The minimum atomic E-state index is 0.508. The molecule has 0 radical (unpaired) electrons. The van der Waals surface area contributed by atoms with Gasteiger partial charge in [0, 0.05) is 8.95 Å². The predicted octanol–water partition coefficient (Wildman–Crippen LogP) is 3.83. The van der Waals surface area contributed by atoms with E-state index in [0.29, 0.717) is 19.7 Å². The second-order valence-electron chi connectivity index (χ2n) is 1.93. The minimum Gasteiger partial charge on any atom is -0.211 e. The Labute approximate surface area is 90.9 Å². The van der Waals surface area contributed by atoms with Gasteiger partial charge in [-0.3, -0.25) is 0 Å². The van der Waals surface area contributed by atoms with Gasteiger partial charge in [-0.1, -0.05) is 11.6 Å². The van der Waals surface area contributed by atoms with Crippen LogP contribution in [0.15, 0.2) is 26.1 Å². The van der Waals surface area contributed by atoms with E-state index in [9.17, 15) is 4.79 Å². The molecule has 0 aromatic heterocycles. The molecule has 0 saturated heterocycles. The average molecular weight is 311 g/mol. The van der Waals surface area contributed by atoms with Crippen LogP contribution in [0.2, 0.25) is 5.02 Å². The molecule has 62 valence electrons. The molecule has 0 aliphatic carbocycles. The molecule has 1 rings (SSSR count). The van der Waals surface area contributed by atoms with Crippen LogP contribution in [0.1, 0.15) is 0 Å². The number of halogens is 3. The summed E-state index contributed by atoms with van der Waals surface area (Å²) < 4.78 is 1.38. The maximum absolute atomic E-state index is 9.93. The Kier molecular flexibility index (Phi) is 3.47.